The van der Waals surface area contributed by atoms with E-state index in [9.17, 15) is 4.79 Å². The molecule has 0 radical (unpaired) electrons. The maximum absolute atomic E-state index is 12.4. The van der Waals surface area contributed by atoms with Crippen molar-refractivity contribution >= 4 is 33.6 Å². The molecule has 132 valence electrons. The van der Waals surface area contributed by atoms with Crippen LogP contribution in [-0.4, -0.2) is 43.5 Å². The molecule has 8 heteroatoms. The number of rotatable bonds is 5. The minimum atomic E-state index is -0.439. The molecule has 1 N–H and O–H groups in total. The van der Waals surface area contributed by atoms with Gasteiger partial charge in [0.2, 0.25) is 0 Å². The van der Waals surface area contributed by atoms with Gasteiger partial charge < -0.3 is 13.9 Å². The van der Waals surface area contributed by atoms with E-state index in [4.69, 9.17) is 13.9 Å². The number of nitrogens with zero attached hydrogens (tertiary/aromatic N) is 2. The lowest BCUT2D eigenvalue weighted by Gasteiger charge is -2.16. The predicted octanol–water partition coefficient (Wildman–Crippen LogP) is 2.23. The van der Waals surface area contributed by atoms with Crippen molar-refractivity contribution in [2.45, 2.75) is 13.0 Å². The Morgan fingerprint density at radius 2 is 2.28 bits per heavy atom. The highest BCUT2D eigenvalue weighted by atomic mass is 32.2. The summed E-state index contributed by atoms with van der Waals surface area (Å²) in [5.41, 5.74) is 3.95. The van der Waals surface area contributed by atoms with Gasteiger partial charge in [-0.25, -0.2) is 4.79 Å². The summed E-state index contributed by atoms with van der Waals surface area (Å²) in [6.07, 6.45) is 0. The molecule has 3 rings (SSSR count). The Hall–Kier alpha value is -2.32. The molecule has 1 atom stereocenters. The predicted molar refractivity (Wildman–Crippen MR) is 99.9 cm³/mol. The summed E-state index contributed by atoms with van der Waals surface area (Å²) >= 11 is 1.49. The molecule has 7 nitrogen and oxygen atoms in total. The fourth-order valence-corrected chi connectivity index (χ4v) is 3.34. The number of fused-ring (bicyclic) bond motifs is 1. The summed E-state index contributed by atoms with van der Waals surface area (Å²) < 4.78 is 15.7. The van der Waals surface area contributed by atoms with Crippen molar-refractivity contribution in [3.63, 3.8) is 0 Å². The summed E-state index contributed by atoms with van der Waals surface area (Å²) in [5.74, 6) is 1.06. The van der Waals surface area contributed by atoms with E-state index in [0.717, 1.165) is 5.39 Å². The zero-order valence-corrected chi connectivity index (χ0v) is 15.1. The van der Waals surface area contributed by atoms with E-state index in [1.165, 1.54) is 11.8 Å². The summed E-state index contributed by atoms with van der Waals surface area (Å²) in [6.45, 7) is 2.50. The lowest BCUT2D eigenvalue weighted by Crippen LogP contribution is -2.29. The minimum Gasteiger partial charge on any atom is -0.493 e. The van der Waals surface area contributed by atoms with E-state index in [-0.39, 0.29) is 6.04 Å². The third-order valence-electron chi connectivity index (χ3n) is 3.63. The number of amidine groups is 1. The van der Waals surface area contributed by atoms with E-state index in [0.29, 0.717) is 40.1 Å². The number of hydrazone groups is 1. The summed E-state index contributed by atoms with van der Waals surface area (Å²) in [6, 6.07) is 7.29. The van der Waals surface area contributed by atoms with Crippen LogP contribution < -0.4 is 15.8 Å². The molecule has 25 heavy (non-hydrogen) atoms. The molecule has 0 saturated carbocycles. The van der Waals surface area contributed by atoms with E-state index in [2.05, 4.69) is 15.5 Å². The molecular formula is C17H19N3O4S. The zero-order chi connectivity index (χ0) is 17.8. The van der Waals surface area contributed by atoms with Gasteiger partial charge >= 0.3 is 5.63 Å². The van der Waals surface area contributed by atoms with E-state index in [1.54, 1.807) is 26.4 Å². The highest BCUT2D eigenvalue weighted by Gasteiger charge is 2.19. The number of benzene rings is 1. The summed E-state index contributed by atoms with van der Waals surface area (Å²) in [4.78, 5) is 16.8. The smallest absolute Gasteiger partial charge is 0.345 e. The molecule has 0 unspecified atom stereocenters. The summed E-state index contributed by atoms with van der Waals surface area (Å²) in [7, 11) is 3.18. The number of aliphatic imine (C=N–C) groups is 1. The fraction of sp³-hybridized carbons (Fsp3) is 0.353. The van der Waals surface area contributed by atoms with Gasteiger partial charge in [0.05, 0.1) is 31.0 Å². The zero-order valence-electron chi connectivity index (χ0n) is 14.2. The van der Waals surface area contributed by atoms with Crippen LogP contribution in [0, 0.1) is 0 Å². The van der Waals surface area contributed by atoms with Gasteiger partial charge in [-0.3, -0.25) is 10.4 Å². The first-order valence-electron chi connectivity index (χ1n) is 7.75. The Bertz CT molecular complexity index is 891. The van der Waals surface area contributed by atoms with Crippen LogP contribution in [0.4, 0.5) is 0 Å². The van der Waals surface area contributed by atoms with Gasteiger partial charge in [-0.1, -0.05) is 23.9 Å². The highest BCUT2D eigenvalue weighted by Crippen LogP contribution is 2.25. The van der Waals surface area contributed by atoms with Gasteiger partial charge in [-0.05, 0) is 19.1 Å². The topological polar surface area (TPSA) is 85.4 Å². The van der Waals surface area contributed by atoms with Gasteiger partial charge in [-0.15, -0.1) is 0 Å². The number of hydrogen-bond acceptors (Lipinski definition) is 7. The quantitative estimate of drug-likeness (QED) is 0.822. The Balaban J connectivity index is 1.89. The van der Waals surface area contributed by atoms with Crippen LogP contribution in [0.25, 0.3) is 11.0 Å². The molecule has 2 aromatic rings. The maximum atomic E-state index is 12.4. The number of hydrogen-bond donors (Lipinski definition) is 1. The number of ether oxygens (including phenoxy) is 2. The Morgan fingerprint density at radius 1 is 1.44 bits per heavy atom. The maximum Gasteiger partial charge on any atom is 0.345 e. The molecule has 2 heterocycles. The van der Waals surface area contributed by atoms with Gasteiger partial charge in [0.25, 0.3) is 0 Å². The molecule has 0 spiro atoms. The average molecular weight is 361 g/mol. The molecule has 1 aliphatic rings. The number of para-hydroxylation sites is 1. The number of nitrogens with one attached hydrogen (secondary N) is 1. The van der Waals surface area contributed by atoms with Gasteiger partial charge in [0, 0.05) is 18.2 Å². The Morgan fingerprint density at radius 3 is 2.96 bits per heavy atom. The van der Waals surface area contributed by atoms with Gasteiger partial charge in [-0.2, -0.15) is 5.10 Å². The Labute approximate surface area is 149 Å². The van der Waals surface area contributed by atoms with Crippen LogP contribution >= 0.6 is 11.8 Å². The molecule has 0 bridgehead atoms. The second-order valence-electron chi connectivity index (χ2n) is 5.52. The molecule has 0 saturated heterocycles. The van der Waals surface area contributed by atoms with Gasteiger partial charge in [0.1, 0.15) is 0 Å². The standard InChI is InChI=1S/C17H19N3O4S/c1-10(8-22-2)18-17-20-19-13(9-25-17)12-7-11-5-4-6-14(23-3)15(11)24-16(12)21/h4-7,10H,8-9H2,1-3H3,(H,18,20)/t10-/m1/s1. The number of methoxy groups -OCH3 is 2. The minimum absolute atomic E-state index is 0.0370. The molecule has 1 aromatic carbocycles. The van der Waals surface area contributed by atoms with E-state index < -0.39 is 5.63 Å². The van der Waals surface area contributed by atoms with E-state index >= 15 is 0 Å². The van der Waals surface area contributed by atoms with Crippen molar-refractivity contribution in [1.29, 1.82) is 0 Å². The van der Waals surface area contributed by atoms with Crippen molar-refractivity contribution in [3.05, 3.63) is 40.2 Å². The first kappa shape index (κ1) is 17.5. The number of thioether (sulfide) groups is 1. The lowest BCUT2D eigenvalue weighted by atomic mass is 10.1. The van der Waals surface area contributed by atoms with Crippen molar-refractivity contribution in [1.82, 2.24) is 5.43 Å². The summed E-state index contributed by atoms with van der Waals surface area (Å²) in [5, 5.41) is 5.78. The molecule has 0 fully saturated rings. The first-order valence-corrected chi connectivity index (χ1v) is 8.74. The average Bonchev–Trinajstić information content (AvgIpc) is 2.61. The SMILES string of the molecule is COC[C@@H](C)N=C1NN=C(c2cc3cccc(OC)c3oc2=O)CS1. The van der Waals surface area contributed by atoms with Crippen molar-refractivity contribution in [2.24, 2.45) is 10.1 Å². The van der Waals surface area contributed by atoms with Gasteiger partial charge in [0.15, 0.2) is 16.5 Å². The van der Waals surface area contributed by atoms with Crippen LogP contribution in [0.5, 0.6) is 5.75 Å². The largest absolute Gasteiger partial charge is 0.493 e. The third-order valence-corrected chi connectivity index (χ3v) is 4.52. The van der Waals surface area contributed by atoms with Crippen LogP contribution in [0.3, 0.4) is 0 Å². The second-order valence-corrected chi connectivity index (χ2v) is 6.49. The highest BCUT2D eigenvalue weighted by molar-refractivity contribution is 8.14. The Kier molecular flexibility index (Phi) is 5.40. The third kappa shape index (κ3) is 3.85. The molecule has 0 amide bonds. The normalized spacial score (nSPS) is 17.2. The van der Waals surface area contributed by atoms with E-state index in [1.807, 2.05) is 19.1 Å². The van der Waals surface area contributed by atoms with Crippen LogP contribution in [-0.2, 0) is 4.74 Å². The molecule has 1 aromatic heterocycles. The lowest BCUT2D eigenvalue weighted by molar-refractivity contribution is 0.186. The molecule has 0 aliphatic carbocycles. The van der Waals surface area contributed by atoms with Crippen molar-refractivity contribution < 1.29 is 13.9 Å². The van der Waals surface area contributed by atoms with Crippen molar-refractivity contribution in [2.75, 3.05) is 26.6 Å². The van der Waals surface area contributed by atoms with Crippen LogP contribution in [0.1, 0.15) is 12.5 Å². The van der Waals surface area contributed by atoms with Crippen LogP contribution in [0.2, 0.25) is 0 Å². The first-order chi connectivity index (χ1) is 12.1. The molecule has 1 aliphatic heterocycles. The monoisotopic (exact) mass is 361 g/mol. The van der Waals surface area contributed by atoms with Crippen molar-refractivity contribution in [3.8, 4) is 5.75 Å². The molecular weight excluding hydrogens is 342 g/mol. The fourth-order valence-electron chi connectivity index (χ4n) is 2.48. The second kappa shape index (κ2) is 7.71. The van der Waals surface area contributed by atoms with Crippen LogP contribution in [0.15, 0.2) is 43.6 Å².